The van der Waals surface area contributed by atoms with E-state index in [1.807, 2.05) is 37.3 Å². The summed E-state index contributed by atoms with van der Waals surface area (Å²) in [6.45, 7) is 3.22. The van der Waals surface area contributed by atoms with E-state index in [1.165, 1.54) is 0 Å². The minimum Gasteiger partial charge on any atom is -0.496 e. The van der Waals surface area contributed by atoms with Gasteiger partial charge in [0, 0.05) is 32.1 Å². The molecule has 0 radical (unpaired) electrons. The summed E-state index contributed by atoms with van der Waals surface area (Å²) in [5, 5.41) is 8.80. The number of hydrogen-bond acceptors (Lipinski definition) is 4. The highest BCUT2D eigenvalue weighted by molar-refractivity contribution is 5.75. The number of carboxylic acids is 1. The summed E-state index contributed by atoms with van der Waals surface area (Å²) in [5.41, 5.74) is 4.18. The molecule has 0 saturated heterocycles. The summed E-state index contributed by atoms with van der Waals surface area (Å²) in [6, 6.07) is 7.92. The molecule has 0 spiro atoms. The molecule has 0 fully saturated rings. The summed E-state index contributed by atoms with van der Waals surface area (Å²) in [5.74, 6) is -0.00163. The first-order valence-corrected chi connectivity index (χ1v) is 8.48. The first-order chi connectivity index (χ1) is 12.1. The Kier molecular flexibility index (Phi) is 7.22. The molecule has 5 heteroatoms. The Morgan fingerprint density at radius 2 is 1.96 bits per heavy atom. The maximum Gasteiger partial charge on any atom is 0.303 e. The van der Waals surface area contributed by atoms with Gasteiger partial charge in [0.25, 0.3) is 0 Å². The van der Waals surface area contributed by atoms with Gasteiger partial charge in [-0.1, -0.05) is 24.3 Å². The second kappa shape index (κ2) is 9.39. The zero-order valence-corrected chi connectivity index (χ0v) is 15.1. The highest BCUT2D eigenvalue weighted by atomic mass is 16.5. The molecule has 25 heavy (non-hydrogen) atoms. The van der Waals surface area contributed by atoms with E-state index < -0.39 is 5.97 Å². The highest BCUT2D eigenvalue weighted by Gasteiger charge is 2.26. The lowest BCUT2D eigenvalue weighted by atomic mass is 9.89. The predicted molar refractivity (Wildman–Crippen MR) is 96.3 cm³/mol. The highest BCUT2D eigenvalue weighted by Crippen LogP contribution is 2.34. The molecule has 5 nitrogen and oxygen atoms in total. The first-order valence-electron chi connectivity index (χ1n) is 8.48. The zero-order chi connectivity index (χ0) is 18.2. The normalized spacial score (nSPS) is 17.4. The van der Waals surface area contributed by atoms with Gasteiger partial charge in [0.05, 0.1) is 19.8 Å². The van der Waals surface area contributed by atoms with Gasteiger partial charge in [0.2, 0.25) is 0 Å². The molecule has 1 atom stereocenters. The largest absolute Gasteiger partial charge is 0.496 e. The topological polar surface area (TPSA) is 65.0 Å². The number of rotatable bonds is 9. The van der Waals surface area contributed by atoms with Crippen LogP contribution < -0.4 is 0 Å². The van der Waals surface area contributed by atoms with Crippen LogP contribution in [0.3, 0.4) is 0 Å². The van der Waals surface area contributed by atoms with Crippen molar-refractivity contribution in [3.8, 4) is 0 Å². The van der Waals surface area contributed by atoms with Gasteiger partial charge >= 0.3 is 5.97 Å². The molecule has 136 valence electrons. The third-order valence-electron chi connectivity index (χ3n) is 4.26. The molecule has 0 bridgehead atoms. The van der Waals surface area contributed by atoms with Crippen molar-refractivity contribution in [2.45, 2.75) is 32.3 Å². The summed E-state index contributed by atoms with van der Waals surface area (Å²) >= 11 is 0. The van der Waals surface area contributed by atoms with Crippen LogP contribution in [0.25, 0.3) is 5.57 Å². The molecule has 0 amide bonds. The second-order valence-corrected chi connectivity index (χ2v) is 5.94. The Hall–Kier alpha value is -2.11. The number of hydrogen-bond donors (Lipinski definition) is 1. The molecule has 1 aromatic carbocycles. The summed E-state index contributed by atoms with van der Waals surface area (Å²) < 4.78 is 16.8. The van der Waals surface area contributed by atoms with E-state index in [4.69, 9.17) is 19.3 Å². The van der Waals surface area contributed by atoms with E-state index in [0.29, 0.717) is 19.6 Å². The van der Waals surface area contributed by atoms with Crippen LogP contribution in [-0.4, -0.2) is 44.6 Å². The molecule has 1 aromatic rings. The maximum absolute atomic E-state index is 10.7. The summed E-state index contributed by atoms with van der Waals surface area (Å²) in [6.07, 6.45) is 3.35. The van der Waals surface area contributed by atoms with E-state index in [1.54, 1.807) is 14.2 Å². The van der Waals surface area contributed by atoms with Gasteiger partial charge < -0.3 is 19.3 Å². The Morgan fingerprint density at radius 1 is 1.24 bits per heavy atom. The van der Waals surface area contributed by atoms with E-state index in [-0.39, 0.29) is 12.5 Å². The molecule has 1 unspecified atom stereocenters. The van der Waals surface area contributed by atoms with Gasteiger partial charge in [-0.05, 0) is 36.1 Å². The third-order valence-corrected chi connectivity index (χ3v) is 4.26. The Bertz CT molecular complexity index is 643. The number of aryl methyl sites for hydroxylation is 1. The molecule has 0 saturated carbocycles. The number of benzene rings is 1. The molecular weight excluding hydrogens is 320 g/mol. The van der Waals surface area contributed by atoms with Crippen molar-refractivity contribution >= 4 is 11.5 Å². The van der Waals surface area contributed by atoms with Crippen molar-refractivity contribution in [1.29, 1.82) is 0 Å². The Morgan fingerprint density at radius 3 is 2.52 bits per heavy atom. The van der Waals surface area contributed by atoms with Crippen molar-refractivity contribution < 1.29 is 24.1 Å². The van der Waals surface area contributed by atoms with Gasteiger partial charge in [-0.2, -0.15) is 0 Å². The van der Waals surface area contributed by atoms with Crippen LogP contribution in [0.15, 0.2) is 41.7 Å². The minimum absolute atomic E-state index is 0.0970. The fraction of sp³-hybridized carbons (Fsp3) is 0.450. The maximum atomic E-state index is 10.7. The van der Waals surface area contributed by atoms with Crippen LogP contribution in [0.1, 0.15) is 30.9 Å². The lowest BCUT2D eigenvalue weighted by molar-refractivity contribution is -0.136. The van der Waals surface area contributed by atoms with Crippen molar-refractivity contribution in [1.82, 2.24) is 0 Å². The Labute approximate surface area is 148 Å². The SMILES string of the molecule is CCOCC1=CC(OC)=C(c2ccc(CCC(=O)O)cc2)C(OC)C1. The zero-order valence-electron chi connectivity index (χ0n) is 15.1. The molecule has 0 aliphatic heterocycles. The van der Waals surface area contributed by atoms with Crippen LogP contribution in [0.4, 0.5) is 0 Å². The molecule has 0 aromatic heterocycles. The van der Waals surface area contributed by atoms with Crippen molar-refractivity contribution in [3.05, 3.63) is 52.8 Å². The van der Waals surface area contributed by atoms with Gasteiger partial charge in [0.15, 0.2) is 0 Å². The van der Waals surface area contributed by atoms with Gasteiger partial charge in [-0.3, -0.25) is 4.79 Å². The molecular formula is C20H26O5. The molecule has 1 aliphatic rings. The average molecular weight is 346 g/mol. The quantitative estimate of drug-likeness (QED) is 0.742. The fourth-order valence-corrected chi connectivity index (χ4v) is 2.96. The van der Waals surface area contributed by atoms with Crippen LogP contribution in [0.2, 0.25) is 0 Å². The minimum atomic E-state index is -0.785. The number of aliphatic carboxylic acids is 1. The predicted octanol–water partition coefficient (Wildman–Crippen LogP) is 3.44. The fourth-order valence-electron chi connectivity index (χ4n) is 2.96. The number of carboxylic acid groups (broad SMARTS) is 1. The first kappa shape index (κ1) is 19.2. The Balaban J connectivity index is 2.27. The van der Waals surface area contributed by atoms with Crippen LogP contribution in [0, 0.1) is 0 Å². The van der Waals surface area contributed by atoms with Gasteiger partial charge in [0.1, 0.15) is 5.76 Å². The lowest BCUT2D eigenvalue weighted by Crippen LogP contribution is -2.21. The van der Waals surface area contributed by atoms with Crippen molar-refractivity contribution in [2.75, 3.05) is 27.4 Å². The molecule has 0 heterocycles. The van der Waals surface area contributed by atoms with Gasteiger partial charge in [-0.15, -0.1) is 0 Å². The van der Waals surface area contributed by atoms with Crippen molar-refractivity contribution in [3.63, 3.8) is 0 Å². The van der Waals surface area contributed by atoms with Crippen LogP contribution in [-0.2, 0) is 25.4 Å². The number of ether oxygens (including phenoxy) is 3. The average Bonchev–Trinajstić information content (AvgIpc) is 2.64. The number of allylic oxidation sites excluding steroid dienone is 1. The summed E-state index contributed by atoms with van der Waals surface area (Å²) in [7, 11) is 3.35. The van der Waals surface area contributed by atoms with Gasteiger partial charge in [-0.25, -0.2) is 0 Å². The van der Waals surface area contributed by atoms with Crippen LogP contribution in [0.5, 0.6) is 0 Å². The number of methoxy groups -OCH3 is 2. The lowest BCUT2D eigenvalue weighted by Gasteiger charge is -2.27. The van der Waals surface area contributed by atoms with E-state index in [2.05, 4.69) is 0 Å². The number of carbonyl (C=O) groups is 1. The second-order valence-electron chi connectivity index (χ2n) is 5.94. The monoisotopic (exact) mass is 346 g/mol. The van der Waals surface area contributed by atoms with Crippen LogP contribution >= 0.6 is 0 Å². The smallest absolute Gasteiger partial charge is 0.303 e. The van der Waals surface area contributed by atoms with E-state index >= 15 is 0 Å². The standard InChI is InChI=1S/C20H26O5/c1-4-25-13-15-11-17(23-2)20(18(12-15)24-3)16-8-5-14(6-9-16)7-10-19(21)22/h5-6,8-9,11,18H,4,7,10,12-13H2,1-3H3,(H,21,22). The molecule has 1 N–H and O–H groups in total. The molecule has 2 rings (SSSR count). The van der Waals surface area contributed by atoms with Crippen molar-refractivity contribution in [2.24, 2.45) is 0 Å². The van der Waals surface area contributed by atoms with E-state index in [0.717, 1.165) is 34.5 Å². The summed E-state index contributed by atoms with van der Waals surface area (Å²) in [4.78, 5) is 10.7. The van der Waals surface area contributed by atoms with E-state index in [9.17, 15) is 4.79 Å². The molecule has 1 aliphatic carbocycles. The third kappa shape index (κ3) is 5.18.